The minimum Gasteiger partial charge on any atom is -0.399 e. The molecule has 3 rings (SSSR count). The van der Waals surface area contributed by atoms with Gasteiger partial charge in [0.15, 0.2) is 5.69 Å². The normalized spacial score (nSPS) is 18.4. The van der Waals surface area contributed by atoms with Gasteiger partial charge in [-0.1, -0.05) is 0 Å². The van der Waals surface area contributed by atoms with E-state index in [1.54, 1.807) is 34.0 Å². The van der Waals surface area contributed by atoms with Crippen LogP contribution in [0.15, 0.2) is 36.5 Å². The van der Waals surface area contributed by atoms with Gasteiger partial charge in [0.2, 0.25) is 0 Å². The number of benzene rings is 1. The number of β-amino-alcohol motifs (C(OH)–C–C–N with tert-alkyl or cyclic N) is 1. The van der Waals surface area contributed by atoms with Crippen molar-refractivity contribution >= 4 is 11.6 Å². The van der Waals surface area contributed by atoms with E-state index in [2.05, 4.69) is 5.10 Å². The molecule has 104 valence electrons. The van der Waals surface area contributed by atoms with Crippen LogP contribution in [0.5, 0.6) is 0 Å². The zero-order valence-electron chi connectivity index (χ0n) is 10.9. The smallest absolute Gasteiger partial charge is 0.274 e. The summed E-state index contributed by atoms with van der Waals surface area (Å²) in [4.78, 5) is 13.8. The number of hydrogen-bond donors (Lipinski definition) is 2. The van der Waals surface area contributed by atoms with E-state index >= 15 is 0 Å². The predicted molar refractivity (Wildman–Crippen MR) is 74.5 cm³/mol. The van der Waals surface area contributed by atoms with Crippen LogP contribution in [-0.2, 0) is 0 Å². The number of aliphatic hydroxyl groups is 1. The molecule has 1 atom stereocenters. The van der Waals surface area contributed by atoms with Crippen molar-refractivity contribution in [3.63, 3.8) is 0 Å². The van der Waals surface area contributed by atoms with Crippen LogP contribution in [0.25, 0.3) is 5.69 Å². The number of nitrogens with two attached hydrogens (primary N) is 1. The zero-order valence-corrected chi connectivity index (χ0v) is 10.9. The Morgan fingerprint density at radius 3 is 2.70 bits per heavy atom. The Balaban J connectivity index is 1.79. The Hall–Kier alpha value is -2.34. The minimum atomic E-state index is -0.418. The van der Waals surface area contributed by atoms with Gasteiger partial charge in [-0.2, -0.15) is 5.10 Å². The number of carbonyl (C=O) groups is 1. The molecule has 1 fully saturated rings. The second-order valence-corrected chi connectivity index (χ2v) is 4.93. The van der Waals surface area contributed by atoms with Crippen LogP contribution in [-0.4, -0.2) is 44.9 Å². The van der Waals surface area contributed by atoms with Gasteiger partial charge in [0.1, 0.15) is 0 Å². The van der Waals surface area contributed by atoms with Gasteiger partial charge in [-0.3, -0.25) is 4.79 Å². The Morgan fingerprint density at radius 2 is 2.05 bits per heavy atom. The van der Waals surface area contributed by atoms with Gasteiger partial charge in [0.25, 0.3) is 5.91 Å². The Labute approximate surface area is 116 Å². The molecule has 1 aromatic heterocycles. The molecule has 1 aromatic carbocycles. The fourth-order valence-corrected chi connectivity index (χ4v) is 2.30. The average Bonchev–Trinajstić information content (AvgIpc) is 3.08. The Bertz CT molecular complexity index is 620. The second kappa shape index (κ2) is 4.97. The lowest BCUT2D eigenvalue weighted by Crippen LogP contribution is -2.29. The van der Waals surface area contributed by atoms with Crippen LogP contribution in [0, 0.1) is 0 Å². The van der Waals surface area contributed by atoms with Gasteiger partial charge in [0.05, 0.1) is 11.8 Å². The van der Waals surface area contributed by atoms with Gasteiger partial charge in [-0.25, -0.2) is 4.68 Å². The summed E-state index contributed by atoms with van der Waals surface area (Å²) in [6.07, 6.45) is 1.95. The SMILES string of the molecule is Nc1ccc(-n2ccc(C(=O)N3CC[C@H](O)C3)n2)cc1. The summed E-state index contributed by atoms with van der Waals surface area (Å²) in [6, 6.07) is 8.94. The minimum absolute atomic E-state index is 0.143. The van der Waals surface area contributed by atoms with E-state index in [0.29, 0.717) is 30.9 Å². The van der Waals surface area contributed by atoms with Gasteiger partial charge >= 0.3 is 0 Å². The number of amides is 1. The lowest BCUT2D eigenvalue weighted by atomic mass is 10.3. The van der Waals surface area contributed by atoms with Gasteiger partial charge in [-0.05, 0) is 36.8 Å². The first kappa shape index (κ1) is 12.7. The second-order valence-electron chi connectivity index (χ2n) is 4.93. The average molecular weight is 272 g/mol. The maximum absolute atomic E-state index is 12.2. The third kappa shape index (κ3) is 2.37. The van der Waals surface area contributed by atoms with Crippen LogP contribution in [0.1, 0.15) is 16.9 Å². The lowest BCUT2D eigenvalue weighted by Gasteiger charge is -2.13. The molecule has 1 saturated heterocycles. The Kier molecular flexibility index (Phi) is 3.15. The molecule has 1 aliphatic rings. The number of carbonyl (C=O) groups excluding carboxylic acids is 1. The first-order chi connectivity index (χ1) is 9.63. The van der Waals surface area contributed by atoms with Gasteiger partial charge in [-0.15, -0.1) is 0 Å². The summed E-state index contributed by atoms with van der Waals surface area (Å²) in [6.45, 7) is 0.961. The molecular formula is C14H16N4O2. The molecular weight excluding hydrogens is 256 g/mol. The number of nitrogen functional groups attached to an aromatic ring is 1. The first-order valence-corrected chi connectivity index (χ1v) is 6.52. The summed E-state index contributed by atoms with van der Waals surface area (Å²) in [5.74, 6) is -0.143. The predicted octanol–water partition coefficient (Wildman–Crippen LogP) is 0.661. The largest absolute Gasteiger partial charge is 0.399 e. The van der Waals surface area contributed by atoms with Crippen LogP contribution >= 0.6 is 0 Å². The van der Waals surface area contributed by atoms with Crippen molar-refractivity contribution in [2.45, 2.75) is 12.5 Å². The summed E-state index contributed by atoms with van der Waals surface area (Å²) in [5, 5.41) is 13.8. The van der Waals surface area contributed by atoms with Crippen molar-refractivity contribution in [2.24, 2.45) is 0 Å². The summed E-state index contributed by atoms with van der Waals surface area (Å²) in [7, 11) is 0. The molecule has 1 amide bonds. The highest BCUT2D eigenvalue weighted by Gasteiger charge is 2.26. The highest BCUT2D eigenvalue weighted by molar-refractivity contribution is 5.92. The molecule has 3 N–H and O–H groups in total. The van der Waals surface area contributed by atoms with Crippen LogP contribution in [0.4, 0.5) is 5.69 Å². The third-order valence-corrected chi connectivity index (χ3v) is 3.42. The van der Waals surface area contributed by atoms with Crippen LogP contribution < -0.4 is 5.73 Å². The molecule has 2 heterocycles. The number of likely N-dealkylation sites (tertiary alicyclic amines) is 1. The van der Waals surface area contributed by atoms with E-state index in [4.69, 9.17) is 5.73 Å². The van der Waals surface area contributed by atoms with Gasteiger partial charge in [0, 0.05) is 25.0 Å². The molecule has 0 unspecified atom stereocenters. The van der Waals surface area contributed by atoms with Gasteiger partial charge < -0.3 is 15.7 Å². The number of hydrogen-bond acceptors (Lipinski definition) is 4. The van der Waals surface area contributed by atoms with Crippen LogP contribution in [0.2, 0.25) is 0 Å². The number of anilines is 1. The standard InChI is InChI=1S/C14H16N4O2/c15-10-1-3-11(4-2-10)18-8-6-13(16-18)14(20)17-7-5-12(19)9-17/h1-4,6,8,12,19H,5,7,9,15H2/t12-/m0/s1. The highest BCUT2D eigenvalue weighted by atomic mass is 16.3. The van der Waals surface area contributed by atoms with Crippen LogP contribution in [0.3, 0.4) is 0 Å². The molecule has 0 radical (unpaired) electrons. The fraction of sp³-hybridized carbons (Fsp3) is 0.286. The maximum atomic E-state index is 12.2. The molecule has 1 aliphatic heterocycles. The van der Waals surface area contributed by atoms with Crippen molar-refractivity contribution in [1.29, 1.82) is 0 Å². The molecule has 6 heteroatoms. The zero-order chi connectivity index (χ0) is 14.1. The molecule has 20 heavy (non-hydrogen) atoms. The molecule has 0 bridgehead atoms. The molecule has 2 aromatic rings. The number of rotatable bonds is 2. The summed E-state index contributed by atoms with van der Waals surface area (Å²) in [5.41, 5.74) is 7.56. The summed E-state index contributed by atoms with van der Waals surface area (Å²) < 4.78 is 1.64. The van der Waals surface area contributed by atoms with Crippen molar-refractivity contribution in [2.75, 3.05) is 18.8 Å². The maximum Gasteiger partial charge on any atom is 0.274 e. The van der Waals surface area contributed by atoms with E-state index in [1.807, 2.05) is 12.1 Å². The highest BCUT2D eigenvalue weighted by Crippen LogP contribution is 2.14. The van der Waals surface area contributed by atoms with E-state index in [0.717, 1.165) is 5.69 Å². The van der Waals surface area contributed by atoms with E-state index in [9.17, 15) is 9.90 Å². The quantitative estimate of drug-likeness (QED) is 0.787. The van der Waals surface area contributed by atoms with Crippen molar-refractivity contribution in [3.05, 3.63) is 42.2 Å². The fourth-order valence-electron chi connectivity index (χ4n) is 2.30. The first-order valence-electron chi connectivity index (χ1n) is 6.52. The van der Waals surface area contributed by atoms with Crippen molar-refractivity contribution in [1.82, 2.24) is 14.7 Å². The number of nitrogens with zero attached hydrogens (tertiary/aromatic N) is 3. The Morgan fingerprint density at radius 1 is 1.30 bits per heavy atom. The molecule has 0 aliphatic carbocycles. The van der Waals surface area contributed by atoms with E-state index < -0.39 is 6.10 Å². The van der Waals surface area contributed by atoms with Crippen molar-refractivity contribution < 1.29 is 9.90 Å². The molecule has 6 nitrogen and oxygen atoms in total. The lowest BCUT2D eigenvalue weighted by molar-refractivity contribution is 0.0759. The monoisotopic (exact) mass is 272 g/mol. The van der Waals surface area contributed by atoms with Crippen molar-refractivity contribution in [3.8, 4) is 5.69 Å². The van der Waals surface area contributed by atoms with E-state index in [-0.39, 0.29) is 5.91 Å². The third-order valence-electron chi connectivity index (χ3n) is 3.42. The molecule has 0 saturated carbocycles. The topological polar surface area (TPSA) is 84.4 Å². The molecule has 0 spiro atoms. The number of aromatic nitrogens is 2. The van der Waals surface area contributed by atoms with E-state index in [1.165, 1.54) is 0 Å². The summed E-state index contributed by atoms with van der Waals surface area (Å²) >= 11 is 0. The number of aliphatic hydroxyl groups excluding tert-OH is 1.